The maximum absolute atomic E-state index is 11.5. The van der Waals surface area contributed by atoms with E-state index in [-0.39, 0.29) is 0 Å². The van der Waals surface area contributed by atoms with E-state index in [4.69, 9.17) is 5.11 Å². The molecular formula is C38H36INO4. The lowest BCUT2D eigenvalue weighted by Crippen LogP contribution is -2.10. The van der Waals surface area contributed by atoms with Gasteiger partial charge in [-0.25, -0.2) is 9.59 Å². The van der Waals surface area contributed by atoms with Gasteiger partial charge in [-0.15, -0.1) is 0 Å². The van der Waals surface area contributed by atoms with Gasteiger partial charge in [-0.3, -0.25) is 0 Å². The molecule has 0 aromatic heterocycles. The normalized spacial score (nSPS) is 10.4. The minimum absolute atomic E-state index is 0.321. The van der Waals surface area contributed by atoms with Crippen LogP contribution < -0.4 is 5.32 Å². The van der Waals surface area contributed by atoms with Crippen molar-refractivity contribution in [1.82, 2.24) is 0 Å². The average molecular weight is 698 g/mol. The van der Waals surface area contributed by atoms with Gasteiger partial charge in [0.25, 0.3) is 0 Å². The van der Waals surface area contributed by atoms with Gasteiger partial charge in [-0.1, -0.05) is 103 Å². The van der Waals surface area contributed by atoms with Crippen molar-refractivity contribution in [3.63, 3.8) is 0 Å². The van der Waals surface area contributed by atoms with Crippen molar-refractivity contribution in [2.45, 2.75) is 32.1 Å². The predicted octanol–water partition coefficient (Wildman–Crippen LogP) is 8.60. The van der Waals surface area contributed by atoms with Gasteiger partial charge >= 0.3 is 11.9 Å². The highest BCUT2D eigenvalue weighted by Gasteiger charge is 2.11. The maximum atomic E-state index is 11.5. The molecule has 5 nitrogen and oxygen atoms in total. The first-order chi connectivity index (χ1) is 21.4. The Morgan fingerprint density at radius 3 is 1.36 bits per heavy atom. The Morgan fingerprint density at radius 2 is 0.909 bits per heavy atom. The Bertz CT molecular complexity index is 1640. The zero-order valence-electron chi connectivity index (χ0n) is 24.5. The summed E-state index contributed by atoms with van der Waals surface area (Å²) in [5.74, 6) is -1.77. The average Bonchev–Trinajstić information content (AvgIpc) is 3.04. The molecule has 0 amide bonds. The number of rotatable bonds is 12. The smallest absolute Gasteiger partial charge is 0.337 e. The molecule has 0 unspecified atom stereocenters. The van der Waals surface area contributed by atoms with Crippen LogP contribution in [0.3, 0.4) is 0 Å². The first-order valence-corrected chi connectivity index (χ1v) is 15.7. The molecule has 0 radical (unpaired) electrons. The fourth-order valence-electron chi connectivity index (χ4n) is 4.82. The van der Waals surface area contributed by atoms with E-state index >= 15 is 0 Å². The number of hydrogen-bond acceptors (Lipinski definition) is 3. The second kappa shape index (κ2) is 17.0. The molecule has 5 aromatic carbocycles. The second-order valence-electron chi connectivity index (χ2n) is 10.4. The molecule has 0 fully saturated rings. The van der Waals surface area contributed by atoms with E-state index in [1.165, 1.54) is 22.3 Å². The fraction of sp³-hybridized carbons (Fsp3) is 0.158. The summed E-state index contributed by atoms with van der Waals surface area (Å²) in [6, 6.07) is 41.9. The van der Waals surface area contributed by atoms with Crippen molar-refractivity contribution in [2.24, 2.45) is 0 Å². The molecule has 0 saturated heterocycles. The highest BCUT2D eigenvalue weighted by molar-refractivity contribution is 14.1. The van der Waals surface area contributed by atoms with Crippen molar-refractivity contribution in [3.05, 3.63) is 170 Å². The van der Waals surface area contributed by atoms with Crippen LogP contribution in [0.25, 0.3) is 0 Å². The van der Waals surface area contributed by atoms with Gasteiger partial charge in [0.2, 0.25) is 0 Å². The van der Waals surface area contributed by atoms with Crippen LogP contribution in [0.4, 0.5) is 5.69 Å². The number of anilines is 1. The molecule has 6 heteroatoms. The molecule has 3 N–H and O–H groups in total. The van der Waals surface area contributed by atoms with E-state index in [2.05, 4.69) is 64.3 Å². The number of aryl methyl sites for hydroxylation is 4. The Kier molecular flexibility index (Phi) is 12.6. The van der Waals surface area contributed by atoms with Gasteiger partial charge in [-0.05, 0) is 107 Å². The molecule has 0 saturated carbocycles. The Morgan fingerprint density at radius 1 is 0.500 bits per heavy atom. The molecule has 224 valence electrons. The summed E-state index contributed by atoms with van der Waals surface area (Å²) in [5.41, 5.74) is 7.52. The van der Waals surface area contributed by atoms with E-state index in [1.54, 1.807) is 12.1 Å². The fourth-order valence-corrected chi connectivity index (χ4v) is 5.63. The SMILES string of the molecule is O=C(O)c1ccc(CCc2ccccc2)cc1I.O=C(O)c1ccc(CCc2ccccc2)cc1NCCc1ccccc1. The molecule has 0 atom stereocenters. The number of nitrogens with one attached hydrogen (secondary N) is 1. The molecule has 0 aliphatic rings. The summed E-state index contributed by atoms with van der Waals surface area (Å²) in [4.78, 5) is 22.4. The lowest BCUT2D eigenvalue weighted by molar-refractivity contribution is 0.0686. The Balaban J connectivity index is 0.000000215. The van der Waals surface area contributed by atoms with Crippen LogP contribution in [0, 0.1) is 3.57 Å². The lowest BCUT2D eigenvalue weighted by Gasteiger charge is -2.12. The van der Waals surface area contributed by atoms with Crippen LogP contribution in [0.1, 0.15) is 48.5 Å². The van der Waals surface area contributed by atoms with Crippen LogP contribution >= 0.6 is 22.6 Å². The molecule has 5 aromatic rings. The third-order valence-corrected chi connectivity index (χ3v) is 8.13. The van der Waals surface area contributed by atoms with E-state index in [9.17, 15) is 14.7 Å². The molecule has 5 rings (SSSR count). The lowest BCUT2D eigenvalue weighted by atomic mass is 10.0. The molecule has 0 heterocycles. The van der Waals surface area contributed by atoms with E-state index < -0.39 is 11.9 Å². The zero-order valence-corrected chi connectivity index (χ0v) is 26.6. The largest absolute Gasteiger partial charge is 0.478 e. The Hall–Kier alpha value is -4.43. The molecule has 0 spiro atoms. The summed E-state index contributed by atoms with van der Waals surface area (Å²) in [6.45, 7) is 0.701. The molecule has 0 aliphatic heterocycles. The van der Waals surface area contributed by atoms with Crippen molar-refractivity contribution >= 4 is 40.2 Å². The highest BCUT2D eigenvalue weighted by Crippen LogP contribution is 2.20. The number of carboxylic acid groups (broad SMARTS) is 2. The van der Waals surface area contributed by atoms with Crippen molar-refractivity contribution in [1.29, 1.82) is 0 Å². The van der Waals surface area contributed by atoms with Crippen molar-refractivity contribution in [2.75, 3.05) is 11.9 Å². The van der Waals surface area contributed by atoms with Gasteiger partial charge in [0.05, 0.1) is 11.1 Å². The van der Waals surface area contributed by atoms with Crippen LogP contribution in [-0.2, 0) is 32.1 Å². The number of halogens is 1. The topological polar surface area (TPSA) is 86.6 Å². The number of benzene rings is 5. The van der Waals surface area contributed by atoms with Gasteiger partial charge in [0, 0.05) is 15.8 Å². The molecule has 44 heavy (non-hydrogen) atoms. The molecule has 0 bridgehead atoms. The van der Waals surface area contributed by atoms with Crippen LogP contribution in [0.5, 0.6) is 0 Å². The second-order valence-corrected chi connectivity index (χ2v) is 11.6. The summed E-state index contributed by atoms with van der Waals surface area (Å²) in [5, 5.41) is 21.7. The summed E-state index contributed by atoms with van der Waals surface area (Å²) >= 11 is 2.07. The van der Waals surface area contributed by atoms with Crippen LogP contribution in [0.2, 0.25) is 0 Å². The first kappa shape index (κ1) is 32.5. The number of carbonyl (C=O) groups is 2. The third kappa shape index (κ3) is 10.4. The molecular weight excluding hydrogens is 661 g/mol. The summed E-state index contributed by atoms with van der Waals surface area (Å²) < 4.78 is 0.797. The minimum atomic E-state index is -0.901. The van der Waals surface area contributed by atoms with Crippen LogP contribution in [-0.4, -0.2) is 28.7 Å². The minimum Gasteiger partial charge on any atom is -0.478 e. The van der Waals surface area contributed by atoms with Crippen molar-refractivity contribution < 1.29 is 19.8 Å². The number of hydrogen-bond donors (Lipinski definition) is 3. The van der Waals surface area contributed by atoms with Gasteiger partial charge < -0.3 is 15.5 Å². The molecule has 0 aliphatic carbocycles. The van der Waals surface area contributed by atoms with E-state index in [0.717, 1.165) is 41.2 Å². The highest BCUT2D eigenvalue weighted by atomic mass is 127. The quantitative estimate of drug-likeness (QED) is 0.114. The predicted molar refractivity (Wildman–Crippen MR) is 186 cm³/mol. The Labute approximate surface area is 272 Å². The third-order valence-electron chi connectivity index (χ3n) is 7.24. The van der Waals surface area contributed by atoms with E-state index in [1.807, 2.05) is 78.9 Å². The van der Waals surface area contributed by atoms with Crippen LogP contribution in [0.15, 0.2) is 127 Å². The zero-order chi connectivity index (χ0) is 31.1. The first-order valence-electron chi connectivity index (χ1n) is 14.6. The number of aromatic carboxylic acids is 2. The van der Waals surface area contributed by atoms with Crippen molar-refractivity contribution in [3.8, 4) is 0 Å². The maximum Gasteiger partial charge on any atom is 0.337 e. The van der Waals surface area contributed by atoms with Gasteiger partial charge in [0.15, 0.2) is 0 Å². The number of carboxylic acids is 2. The van der Waals surface area contributed by atoms with Gasteiger partial charge in [0.1, 0.15) is 0 Å². The monoisotopic (exact) mass is 697 g/mol. The summed E-state index contributed by atoms with van der Waals surface area (Å²) in [6.07, 6.45) is 4.59. The standard InChI is InChI=1S/C23H23NO2.C15H13IO2/c25-23(26)21-14-13-20(12-11-18-7-3-1-4-8-18)17-22(21)24-16-15-19-9-5-2-6-10-19;16-14-10-12(8-9-13(14)15(17)18)7-6-11-4-2-1-3-5-11/h1-10,13-14,17,24H,11-12,15-16H2,(H,25,26);1-5,8-10H,6-7H2,(H,17,18). The van der Waals surface area contributed by atoms with Gasteiger partial charge in [-0.2, -0.15) is 0 Å². The summed E-state index contributed by atoms with van der Waals surface area (Å²) in [7, 11) is 0. The van der Waals surface area contributed by atoms with E-state index in [0.29, 0.717) is 23.4 Å².